The van der Waals surface area contributed by atoms with Crippen molar-refractivity contribution in [1.82, 2.24) is 9.38 Å². The molecule has 6 heteroatoms. The molecule has 0 amide bonds. The van der Waals surface area contributed by atoms with Crippen LogP contribution in [-0.2, 0) is 9.47 Å². The third kappa shape index (κ3) is 2.97. The minimum atomic E-state index is -0.391. The SMILES string of the molecule is CCOC(=O)c1cnc2cc(C(C)OCCO)ccn12. The molecule has 0 aliphatic carbocycles. The number of aliphatic hydroxyl groups is 1. The van der Waals surface area contributed by atoms with Gasteiger partial charge >= 0.3 is 5.97 Å². The van der Waals surface area contributed by atoms with Crippen molar-refractivity contribution in [3.05, 3.63) is 35.8 Å². The smallest absolute Gasteiger partial charge is 0.356 e. The third-order valence-corrected chi connectivity index (χ3v) is 2.95. The topological polar surface area (TPSA) is 73.1 Å². The largest absolute Gasteiger partial charge is 0.461 e. The van der Waals surface area contributed by atoms with Crippen molar-refractivity contribution in [3.8, 4) is 0 Å². The van der Waals surface area contributed by atoms with Gasteiger partial charge in [0.15, 0.2) is 5.69 Å². The lowest BCUT2D eigenvalue weighted by Crippen LogP contribution is -2.08. The number of esters is 1. The summed E-state index contributed by atoms with van der Waals surface area (Å²) in [5, 5.41) is 8.76. The fourth-order valence-corrected chi connectivity index (χ4v) is 1.93. The average molecular weight is 278 g/mol. The van der Waals surface area contributed by atoms with Gasteiger partial charge in [0.05, 0.1) is 32.1 Å². The molecule has 1 atom stereocenters. The third-order valence-electron chi connectivity index (χ3n) is 2.95. The van der Waals surface area contributed by atoms with E-state index in [-0.39, 0.29) is 19.3 Å². The van der Waals surface area contributed by atoms with Crippen molar-refractivity contribution in [2.24, 2.45) is 0 Å². The Bertz CT molecular complexity index is 594. The van der Waals surface area contributed by atoms with Crippen LogP contribution in [0.25, 0.3) is 5.65 Å². The first-order valence-corrected chi connectivity index (χ1v) is 6.54. The molecule has 2 heterocycles. The van der Waals surface area contributed by atoms with E-state index in [0.29, 0.717) is 17.9 Å². The molecule has 0 aliphatic heterocycles. The summed E-state index contributed by atoms with van der Waals surface area (Å²) in [5.74, 6) is -0.391. The lowest BCUT2D eigenvalue weighted by Gasteiger charge is -2.12. The van der Waals surface area contributed by atoms with Gasteiger partial charge in [-0.25, -0.2) is 9.78 Å². The summed E-state index contributed by atoms with van der Waals surface area (Å²) in [6.45, 7) is 4.27. The Morgan fingerprint density at radius 1 is 1.55 bits per heavy atom. The van der Waals surface area contributed by atoms with E-state index in [1.807, 2.05) is 19.1 Å². The highest BCUT2D eigenvalue weighted by Crippen LogP contribution is 2.19. The van der Waals surface area contributed by atoms with E-state index in [9.17, 15) is 4.79 Å². The summed E-state index contributed by atoms with van der Waals surface area (Å²) in [6.07, 6.45) is 3.12. The van der Waals surface area contributed by atoms with Crippen LogP contribution in [0.5, 0.6) is 0 Å². The highest BCUT2D eigenvalue weighted by molar-refractivity contribution is 5.88. The van der Waals surface area contributed by atoms with Crippen molar-refractivity contribution in [2.45, 2.75) is 20.0 Å². The summed E-state index contributed by atoms with van der Waals surface area (Å²) < 4.78 is 12.1. The van der Waals surface area contributed by atoms with Crippen molar-refractivity contribution >= 4 is 11.6 Å². The number of rotatable bonds is 6. The van der Waals surface area contributed by atoms with Gasteiger partial charge in [-0.05, 0) is 31.5 Å². The first-order chi connectivity index (χ1) is 9.67. The highest BCUT2D eigenvalue weighted by Gasteiger charge is 2.14. The number of carbonyl (C=O) groups is 1. The van der Waals surface area contributed by atoms with Crippen LogP contribution in [0, 0.1) is 0 Å². The van der Waals surface area contributed by atoms with Crippen LogP contribution in [0.3, 0.4) is 0 Å². The van der Waals surface area contributed by atoms with Crippen LogP contribution in [0.2, 0.25) is 0 Å². The van der Waals surface area contributed by atoms with E-state index in [0.717, 1.165) is 5.56 Å². The van der Waals surface area contributed by atoms with Crippen LogP contribution < -0.4 is 0 Å². The molecule has 0 bridgehead atoms. The van der Waals surface area contributed by atoms with Crippen molar-refractivity contribution in [3.63, 3.8) is 0 Å². The van der Waals surface area contributed by atoms with E-state index in [4.69, 9.17) is 14.6 Å². The molecule has 0 aromatic carbocycles. The van der Waals surface area contributed by atoms with Crippen LogP contribution in [0.1, 0.15) is 36.0 Å². The van der Waals surface area contributed by atoms with Gasteiger partial charge in [0.2, 0.25) is 0 Å². The summed E-state index contributed by atoms with van der Waals surface area (Å²) in [5.41, 5.74) is 1.99. The minimum Gasteiger partial charge on any atom is -0.461 e. The first-order valence-electron chi connectivity index (χ1n) is 6.54. The van der Waals surface area contributed by atoms with Crippen molar-refractivity contribution < 1.29 is 19.4 Å². The molecule has 0 radical (unpaired) electrons. The maximum atomic E-state index is 11.7. The van der Waals surface area contributed by atoms with Gasteiger partial charge in [0.25, 0.3) is 0 Å². The van der Waals surface area contributed by atoms with Gasteiger partial charge in [0, 0.05) is 6.20 Å². The zero-order chi connectivity index (χ0) is 14.5. The number of aromatic nitrogens is 2. The van der Waals surface area contributed by atoms with Crippen LogP contribution in [0.4, 0.5) is 0 Å². The zero-order valence-corrected chi connectivity index (χ0v) is 11.6. The summed E-state index contributed by atoms with van der Waals surface area (Å²) >= 11 is 0. The van der Waals surface area contributed by atoms with E-state index < -0.39 is 5.97 Å². The molecule has 108 valence electrons. The van der Waals surface area contributed by atoms with Crippen LogP contribution in [0.15, 0.2) is 24.5 Å². The second-order valence-corrected chi connectivity index (χ2v) is 4.29. The molecule has 0 fully saturated rings. The lowest BCUT2D eigenvalue weighted by atomic mass is 10.2. The normalized spacial score (nSPS) is 12.6. The fourth-order valence-electron chi connectivity index (χ4n) is 1.93. The zero-order valence-electron chi connectivity index (χ0n) is 11.6. The molecular weight excluding hydrogens is 260 g/mol. The second-order valence-electron chi connectivity index (χ2n) is 4.29. The van der Waals surface area contributed by atoms with Crippen LogP contribution in [-0.4, -0.2) is 40.3 Å². The Labute approximate surface area is 117 Å². The molecule has 2 aromatic rings. The number of pyridine rings is 1. The molecule has 2 aromatic heterocycles. The Morgan fingerprint density at radius 3 is 3.05 bits per heavy atom. The van der Waals surface area contributed by atoms with Gasteiger partial charge in [0.1, 0.15) is 5.65 Å². The number of nitrogens with zero attached hydrogens (tertiary/aromatic N) is 2. The Kier molecular flexibility index (Phi) is 4.70. The molecule has 6 nitrogen and oxygen atoms in total. The molecule has 1 unspecified atom stereocenters. The predicted molar refractivity (Wildman–Crippen MR) is 72.6 cm³/mol. The number of hydrogen-bond donors (Lipinski definition) is 1. The predicted octanol–water partition coefficient (Wildman–Crippen LogP) is 1.58. The molecule has 0 aliphatic rings. The summed E-state index contributed by atoms with van der Waals surface area (Å²) in [4.78, 5) is 15.9. The quantitative estimate of drug-likeness (QED) is 0.812. The first kappa shape index (κ1) is 14.5. The van der Waals surface area contributed by atoms with E-state index in [1.165, 1.54) is 6.20 Å². The number of aliphatic hydroxyl groups excluding tert-OH is 1. The number of carbonyl (C=O) groups excluding carboxylic acids is 1. The monoisotopic (exact) mass is 278 g/mol. The number of fused-ring (bicyclic) bond motifs is 1. The standard InChI is InChI=1S/C14H18N2O4/c1-3-19-14(18)12-9-15-13-8-11(4-5-16(12)13)10(2)20-7-6-17/h4-5,8-10,17H,3,6-7H2,1-2H3. The molecule has 1 N–H and O–H groups in total. The van der Waals surface area contributed by atoms with E-state index in [2.05, 4.69) is 4.98 Å². The Hall–Kier alpha value is -1.92. The van der Waals surface area contributed by atoms with Gasteiger partial charge in [-0.3, -0.25) is 4.40 Å². The second kappa shape index (κ2) is 6.49. The Morgan fingerprint density at radius 2 is 2.35 bits per heavy atom. The highest BCUT2D eigenvalue weighted by atomic mass is 16.5. The minimum absolute atomic E-state index is 0.0109. The molecule has 20 heavy (non-hydrogen) atoms. The van der Waals surface area contributed by atoms with Gasteiger partial charge < -0.3 is 14.6 Å². The average Bonchev–Trinajstić information content (AvgIpc) is 2.88. The van der Waals surface area contributed by atoms with Crippen molar-refractivity contribution in [1.29, 1.82) is 0 Å². The van der Waals surface area contributed by atoms with E-state index in [1.54, 1.807) is 17.5 Å². The molecule has 0 saturated heterocycles. The van der Waals surface area contributed by atoms with Crippen molar-refractivity contribution in [2.75, 3.05) is 19.8 Å². The maximum absolute atomic E-state index is 11.7. The fraction of sp³-hybridized carbons (Fsp3) is 0.429. The molecular formula is C14H18N2O4. The Balaban J connectivity index is 2.26. The summed E-state index contributed by atoms with van der Waals surface area (Å²) in [7, 11) is 0. The number of imidazole rings is 1. The maximum Gasteiger partial charge on any atom is 0.356 e. The summed E-state index contributed by atoms with van der Waals surface area (Å²) in [6, 6.07) is 3.71. The van der Waals surface area contributed by atoms with Crippen LogP contribution >= 0.6 is 0 Å². The lowest BCUT2D eigenvalue weighted by molar-refractivity contribution is 0.0385. The number of ether oxygens (including phenoxy) is 2. The van der Waals surface area contributed by atoms with Gasteiger partial charge in [-0.1, -0.05) is 0 Å². The molecule has 0 saturated carbocycles. The van der Waals surface area contributed by atoms with Gasteiger partial charge in [-0.15, -0.1) is 0 Å². The number of hydrogen-bond acceptors (Lipinski definition) is 5. The molecule has 0 spiro atoms. The van der Waals surface area contributed by atoms with E-state index >= 15 is 0 Å². The van der Waals surface area contributed by atoms with Gasteiger partial charge in [-0.2, -0.15) is 0 Å². The molecule has 2 rings (SSSR count).